The van der Waals surface area contributed by atoms with Crippen molar-refractivity contribution >= 4 is 21.4 Å². The maximum absolute atomic E-state index is 12.5. The zero-order chi connectivity index (χ0) is 18.0. The highest BCUT2D eigenvalue weighted by molar-refractivity contribution is 7.89. The van der Waals surface area contributed by atoms with E-state index in [9.17, 15) is 8.42 Å². The van der Waals surface area contributed by atoms with Gasteiger partial charge in [0.05, 0.1) is 12.2 Å². The Morgan fingerprint density at radius 2 is 1.84 bits per heavy atom. The molecule has 0 fully saturated rings. The smallest absolute Gasteiger partial charge is 0.246 e. The molecule has 132 valence electrons. The first-order valence-electron chi connectivity index (χ1n) is 7.78. The molecular formula is C17H19N3O3S2. The summed E-state index contributed by atoms with van der Waals surface area (Å²) in [4.78, 5) is 5.73. The molecule has 2 aromatic heterocycles. The quantitative estimate of drug-likeness (QED) is 0.713. The Morgan fingerprint density at radius 1 is 1.12 bits per heavy atom. The molecule has 0 aliphatic heterocycles. The van der Waals surface area contributed by atoms with Gasteiger partial charge in [-0.2, -0.15) is 0 Å². The SMILES string of the molecule is Cc1nc(CNS(=O)(=O)c2c(C)noc2C)sc1Cc1ccccc1. The molecule has 6 nitrogen and oxygen atoms in total. The maximum atomic E-state index is 12.5. The third-order valence-corrected chi connectivity index (χ3v) is 6.60. The van der Waals surface area contributed by atoms with Crippen LogP contribution >= 0.6 is 11.3 Å². The van der Waals surface area contributed by atoms with Crippen LogP contribution in [0.4, 0.5) is 0 Å². The largest absolute Gasteiger partial charge is 0.360 e. The van der Waals surface area contributed by atoms with Crippen molar-refractivity contribution in [2.24, 2.45) is 0 Å². The summed E-state index contributed by atoms with van der Waals surface area (Å²) in [6.07, 6.45) is 0.793. The highest BCUT2D eigenvalue weighted by Gasteiger charge is 2.24. The molecule has 0 saturated carbocycles. The molecule has 2 heterocycles. The second-order valence-electron chi connectivity index (χ2n) is 5.76. The predicted octanol–water partition coefficient (Wildman–Crippen LogP) is 3.13. The molecule has 25 heavy (non-hydrogen) atoms. The lowest BCUT2D eigenvalue weighted by Gasteiger charge is -2.04. The van der Waals surface area contributed by atoms with Gasteiger partial charge in [0.1, 0.15) is 15.6 Å². The molecular weight excluding hydrogens is 358 g/mol. The number of hydrogen-bond donors (Lipinski definition) is 1. The molecule has 1 aromatic carbocycles. The van der Waals surface area contributed by atoms with Crippen LogP contribution in [0.15, 0.2) is 39.8 Å². The molecule has 0 unspecified atom stereocenters. The molecule has 8 heteroatoms. The summed E-state index contributed by atoms with van der Waals surface area (Å²) in [5.74, 6) is 0.282. The Kier molecular flexibility index (Phi) is 5.03. The minimum absolute atomic E-state index is 0.102. The fraction of sp³-hybridized carbons (Fsp3) is 0.294. The molecule has 3 rings (SSSR count). The summed E-state index contributed by atoms with van der Waals surface area (Å²) >= 11 is 1.52. The topological polar surface area (TPSA) is 85.1 Å². The second kappa shape index (κ2) is 7.07. The van der Waals surface area contributed by atoms with E-state index >= 15 is 0 Å². The fourth-order valence-electron chi connectivity index (χ4n) is 2.60. The van der Waals surface area contributed by atoms with E-state index in [1.165, 1.54) is 16.9 Å². The first kappa shape index (κ1) is 17.8. The van der Waals surface area contributed by atoms with Crippen molar-refractivity contribution in [1.29, 1.82) is 0 Å². The third-order valence-electron chi connectivity index (χ3n) is 3.79. The zero-order valence-corrected chi connectivity index (χ0v) is 15.9. The minimum Gasteiger partial charge on any atom is -0.360 e. The van der Waals surface area contributed by atoms with Crippen molar-refractivity contribution in [3.05, 3.63) is 62.9 Å². The van der Waals surface area contributed by atoms with Crippen LogP contribution in [0.2, 0.25) is 0 Å². The van der Waals surface area contributed by atoms with Gasteiger partial charge in [0.25, 0.3) is 0 Å². The number of aromatic nitrogens is 2. The molecule has 1 N–H and O–H groups in total. The van der Waals surface area contributed by atoms with Gasteiger partial charge in [-0.25, -0.2) is 18.1 Å². The standard InChI is InChI=1S/C17H19N3O3S2/c1-11-15(9-14-7-5-4-6-8-14)24-16(19-11)10-18-25(21,22)17-12(2)20-23-13(17)3/h4-8,18H,9-10H2,1-3H3. The highest BCUT2D eigenvalue weighted by atomic mass is 32.2. The van der Waals surface area contributed by atoms with Crippen molar-refractivity contribution in [1.82, 2.24) is 14.9 Å². The summed E-state index contributed by atoms with van der Waals surface area (Å²) in [5, 5.41) is 4.43. The number of nitrogens with one attached hydrogen (secondary N) is 1. The predicted molar refractivity (Wildman–Crippen MR) is 96.1 cm³/mol. The first-order chi connectivity index (χ1) is 11.9. The monoisotopic (exact) mass is 377 g/mol. The van der Waals surface area contributed by atoms with Gasteiger partial charge in [0.2, 0.25) is 10.0 Å². The van der Waals surface area contributed by atoms with Crippen LogP contribution < -0.4 is 4.72 Å². The third kappa shape index (κ3) is 3.97. The lowest BCUT2D eigenvalue weighted by atomic mass is 10.1. The van der Waals surface area contributed by atoms with E-state index in [1.807, 2.05) is 25.1 Å². The Morgan fingerprint density at radius 3 is 2.48 bits per heavy atom. The number of nitrogens with zero attached hydrogens (tertiary/aromatic N) is 2. The number of hydrogen-bond acceptors (Lipinski definition) is 6. The summed E-state index contributed by atoms with van der Waals surface area (Å²) in [6, 6.07) is 10.1. The summed E-state index contributed by atoms with van der Waals surface area (Å²) in [7, 11) is -3.68. The molecule has 0 spiro atoms. The summed E-state index contributed by atoms with van der Waals surface area (Å²) < 4.78 is 32.4. The van der Waals surface area contributed by atoms with Crippen LogP contribution in [0.1, 0.15) is 32.6 Å². The van der Waals surface area contributed by atoms with Crippen molar-refractivity contribution in [3.63, 3.8) is 0 Å². The average molecular weight is 377 g/mol. The van der Waals surface area contributed by atoms with Gasteiger partial charge >= 0.3 is 0 Å². The average Bonchev–Trinajstić information content (AvgIpc) is 3.09. The summed E-state index contributed by atoms with van der Waals surface area (Å²) in [5.41, 5.74) is 2.49. The van der Waals surface area contributed by atoms with Crippen molar-refractivity contribution in [3.8, 4) is 0 Å². The van der Waals surface area contributed by atoms with E-state index in [4.69, 9.17) is 4.52 Å². The molecule has 3 aromatic rings. The Bertz CT molecular complexity index is 956. The maximum Gasteiger partial charge on any atom is 0.246 e. The van der Waals surface area contributed by atoms with Crippen LogP contribution in [-0.4, -0.2) is 18.6 Å². The number of sulfonamides is 1. The van der Waals surface area contributed by atoms with E-state index in [0.717, 1.165) is 22.0 Å². The highest BCUT2D eigenvalue weighted by Crippen LogP contribution is 2.23. The van der Waals surface area contributed by atoms with Crippen molar-refractivity contribution in [2.45, 2.75) is 38.6 Å². The Balaban J connectivity index is 1.73. The van der Waals surface area contributed by atoms with Gasteiger partial charge in [-0.3, -0.25) is 0 Å². The van der Waals surface area contributed by atoms with Crippen LogP contribution in [-0.2, 0) is 23.0 Å². The molecule has 0 aliphatic carbocycles. The minimum atomic E-state index is -3.68. The fourth-order valence-corrected chi connectivity index (χ4v) is 5.04. The Labute approximate surface area is 151 Å². The van der Waals surface area contributed by atoms with Crippen molar-refractivity contribution in [2.75, 3.05) is 0 Å². The summed E-state index contributed by atoms with van der Waals surface area (Å²) in [6.45, 7) is 5.28. The molecule has 0 amide bonds. The van der Waals surface area contributed by atoms with Gasteiger partial charge in [0, 0.05) is 11.3 Å². The van der Waals surface area contributed by atoms with E-state index in [-0.39, 0.29) is 17.2 Å². The van der Waals surface area contributed by atoms with Gasteiger partial charge in [-0.15, -0.1) is 11.3 Å². The molecule has 0 radical (unpaired) electrons. The van der Waals surface area contributed by atoms with Gasteiger partial charge in [0.15, 0.2) is 5.76 Å². The zero-order valence-electron chi connectivity index (χ0n) is 14.2. The van der Waals surface area contributed by atoms with Crippen LogP contribution in [0.5, 0.6) is 0 Å². The van der Waals surface area contributed by atoms with Gasteiger partial charge in [-0.1, -0.05) is 35.5 Å². The van der Waals surface area contributed by atoms with Crippen LogP contribution in [0.3, 0.4) is 0 Å². The van der Waals surface area contributed by atoms with Crippen molar-refractivity contribution < 1.29 is 12.9 Å². The normalized spacial score (nSPS) is 11.8. The number of thiazole rings is 1. The lowest BCUT2D eigenvalue weighted by molar-refractivity contribution is 0.390. The number of benzene rings is 1. The van der Waals surface area contributed by atoms with E-state index in [2.05, 4.69) is 27.0 Å². The molecule has 0 bridgehead atoms. The Hall–Kier alpha value is -2.03. The van der Waals surface area contributed by atoms with E-state index in [1.54, 1.807) is 13.8 Å². The first-order valence-corrected chi connectivity index (χ1v) is 10.1. The van der Waals surface area contributed by atoms with E-state index < -0.39 is 10.0 Å². The van der Waals surface area contributed by atoms with Gasteiger partial charge < -0.3 is 4.52 Å². The van der Waals surface area contributed by atoms with Crippen LogP contribution in [0, 0.1) is 20.8 Å². The number of rotatable bonds is 6. The molecule has 0 atom stereocenters. The van der Waals surface area contributed by atoms with Gasteiger partial charge in [-0.05, 0) is 26.3 Å². The molecule has 0 saturated heterocycles. The number of aryl methyl sites for hydroxylation is 3. The van der Waals surface area contributed by atoms with E-state index in [0.29, 0.717) is 5.69 Å². The second-order valence-corrected chi connectivity index (χ2v) is 8.63. The van der Waals surface area contributed by atoms with Crippen LogP contribution in [0.25, 0.3) is 0 Å². The molecule has 0 aliphatic rings. The lowest BCUT2D eigenvalue weighted by Crippen LogP contribution is -2.24.